The molecule has 1 N–H and O–H groups in total. The first kappa shape index (κ1) is 23.5. The van der Waals surface area contributed by atoms with Gasteiger partial charge >= 0.3 is 0 Å². The van der Waals surface area contributed by atoms with E-state index in [1.807, 2.05) is 18.5 Å². The molecule has 0 saturated heterocycles. The predicted molar refractivity (Wildman–Crippen MR) is 150 cm³/mol. The highest BCUT2D eigenvalue weighted by atomic mass is 32.2. The molecule has 2 aromatic heterocycles. The fraction of sp³-hybridized carbons (Fsp3) is 0.161. The summed E-state index contributed by atoms with van der Waals surface area (Å²) in [5, 5.41) is 1.07. The fourth-order valence-electron chi connectivity index (χ4n) is 4.89. The molecule has 0 unspecified atom stereocenters. The van der Waals surface area contributed by atoms with E-state index in [9.17, 15) is 0 Å². The molecule has 6 rings (SSSR count). The smallest absolute Gasteiger partial charge is 0.105 e. The van der Waals surface area contributed by atoms with E-state index in [0.717, 1.165) is 43.4 Å². The van der Waals surface area contributed by atoms with Crippen LogP contribution in [-0.4, -0.2) is 32.9 Å². The Balaban J connectivity index is 1.30. The molecular weight excluding hydrogens is 474 g/mol. The largest absolute Gasteiger partial charge is 0.364 e. The van der Waals surface area contributed by atoms with Crippen molar-refractivity contribution in [1.82, 2.24) is 19.9 Å². The maximum Gasteiger partial charge on any atom is 0.105 e. The van der Waals surface area contributed by atoms with Crippen LogP contribution in [0.3, 0.4) is 0 Å². The summed E-state index contributed by atoms with van der Waals surface area (Å²) in [6, 6.07) is 32.3. The van der Waals surface area contributed by atoms with E-state index in [4.69, 9.17) is 4.98 Å². The second kappa shape index (κ2) is 11.0. The van der Waals surface area contributed by atoms with E-state index in [1.54, 1.807) is 18.1 Å². The van der Waals surface area contributed by atoms with E-state index < -0.39 is 0 Å². The number of pyridine rings is 1. The fourth-order valence-corrected chi connectivity index (χ4v) is 5.78. The van der Waals surface area contributed by atoms with Gasteiger partial charge in [-0.05, 0) is 52.6 Å². The highest BCUT2D eigenvalue weighted by molar-refractivity contribution is 7.99. The van der Waals surface area contributed by atoms with Crippen molar-refractivity contribution >= 4 is 17.4 Å². The zero-order chi connectivity index (χ0) is 24.9. The van der Waals surface area contributed by atoms with Crippen molar-refractivity contribution in [1.29, 1.82) is 0 Å². The average molecular weight is 504 g/mol. The molecule has 1 aliphatic heterocycles. The summed E-state index contributed by atoms with van der Waals surface area (Å²) in [5.74, 6) is 0. The molecule has 0 fully saturated rings. The van der Waals surface area contributed by atoms with Crippen molar-refractivity contribution in [3.63, 3.8) is 0 Å². The van der Waals surface area contributed by atoms with E-state index in [-0.39, 0.29) is 0 Å². The van der Waals surface area contributed by atoms with Crippen LogP contribution in [-0.2, 0) is 19.6 Å². The standard InChI is InChI=1S/C31H29N5S/c1-3-8-24(9-4-1)25-13-14-30-27(18-25)21-35(16-17-36(30)22-28-19-32-23-34-28)20-26-10-7-15-33-31(26)37-29-11-5-2-6-12-29/h1-15,18-19,23H,16-17,20-22H2,(H,32,34). The topological polar surface area (TPSA) is 48.1 Å². The molecule has 0 saturated carbocycles. The first-order valence-electron chi connectivity index (χ1n) is 12.6. The molecule has 0 amide bonds. The Kier molecular flexibility index (Phi) is 7.01. The number of H-pyrrole nitrogens is 1. The van der Waals surface area contributed by atoms with Gasteiger partial charge in [-0.15, -0.1) is 0 Å². The summed E-state index contributed by atoms with van der Waals surface area (Å²) >= 11 is 1.74. The lowest BCUT2D eigenvalue weighted by molar-refractivity contribution is 0.266. The van der Waals surface area contributed by atoms with E-state index in [2.05, 4.69) is 105 Å². The molecule has 5 aromatic rings. The predicted octanol–water partition coefficient (Wildman–Crippen LogP) is 6.65. The Morgan fingerprint density at radius 2 is 1.65 bits per heavy atom. The lowest BCUT2D eigenvalue weighted by Gasteiger charge is -2.24. The van der Waals surface area contributed by atoms with Crippen LogP contribution in [0.4, 0.5) is 5.69 Å². The summed E-state index contributed by atoms with van der Waals surface area (Å²) in [6.45, 7) is 4.47. The van der Waals surface area contributed by atoms with Crippen molar-refractivity contribution in [3.8, 4) is 11.1 Å². The monoisotopic (exact) mass is 503 g/mol. The third-order valence-electron chi connectivity index (χ3n) is 6.73. The molecule has 0 atom stereocenters. The third kappa shape index (κ3) is 5.61. The Morgan fingerprint density at radius 3 is 2.46 bits per heavy atom. The lowest BCUT2D eigenvalue weighted by Crippen LogP contribution is -2.31. The number of nitrogens with zero attached hydrogens (tertiary/aromatic N) is 4. The minimum Gasteiger partial charge on any atom is -0.364 e. The van der Waals surface area contributed by atoms with Crippen LogP contribution in [0.15, 0.2) is 120 Å². The minimum absolute atomic E-state index is 0.813. The number of hydrogen-bond donors (Lipinski definition) is 1. The van der Waals surface area contributed by atoms with E-state index >= 15 is 0 Å². The summed E-state index contributed by atoms with van der Waals surface area (Å²) in [4.78, 5) is 18.5. The third-order valence-corrected chi connectivity index (χ3v) is 7.79. The molecular formula is C31H29N5S. The molecule has 37 heavy (non-hydrogen) atoms. The van der Waals surface area contributed by atoms with Gasteiger partial charge in [0.05, 0.1) is 18.6 Å². The number of rotatable bonds is 7. The maximum atomic E-state index is 4.74. The number of nitrogens with one attached hydrogen (secondary N) is 1. The van der Waals surface area contributed by atoms with Gasteiger partial charge in [-0.3, -0.25) is 4.90 Å². The van der Waals surface area contributed by atoms with Crippen LogP contribution < -0.4 is 4.90 Å². The number of aromatic amines is 1. The summed E-state index contributed by atoms with van der Waals surface area (Å²) < 4.78 is 0. The van der Waals surface area contributed by atoms with Crippen LogP contribution >= 0.6 is 11.8 Å². The Labute approximate surface area is 222 Å². The van der Waals surface area contributed by atoms with Crippen molar-refractivity contribution < 1.29 is 0 Å². The lowest BCUT2D eigenvalue weighted by atomic mass is 10.0. The molecule has 5 nitrogen and oxygen atoms in total. The van der Waals surface area contributed by atoms with Crippen LogP contribution in [0.25, 0.3) is 11.1 Å². The Morgan fingerprint density at radius 1 is 0.811 bits per heavy atom. The minimum atomic E-state index is 0.813. The molecule has 3 heterocycles. The zero-order valence-electron chi connectivity index (χ0n) is 20.6. The zero-order valence-corrected chi connectivity index (χ0v) is 21.4. The molecule has 0 radical (unpaired) electrons. The van der Waals surface area contributed by atoms with Gasteiger partial charge in [0.15, 0.2) is 0 Å². The molecule has 6 heteroatoms. The van der Waals surface area contributed by atoms with Gasteiger partial charge in [-0.1, -0.05) is 72.4 Å². The second-order valence-electron chi connectivity index (χ2n) is 9.30. The molecule has 0 aliphatic carbocycles. The van der Waals surface area contributed by atoms with Gasteiger partial charge in [-0.2, -0.15) is 0 Å². The van der Waals surface area contributed by atoms with Gasteiger partial charge in [0.25, 0.3) is 0 Å². The Bertz CT molecular complexity index is 1440. The molecule has 0 spiro atoms. The van der Waals surface area contributed by atoms with Crippen LogP contribution in [0.1, 0.15) is 16.8 Å². The SMILES string of the molecule is c1ccc(Sc2ncccc2CN2CCN(Cc3cnc[nH]3)c3ccc(-c4ccccc4)cc3C2)cc1. The van der Waals surface area contributed by atoms with Crippen LogP contribution in [0.2, 0.25) is 0 Å². The van der Waals surface area contributed by atoms with Crippen molar-refractivity contribution in [2.24, 2.45) is 0 Å². The van der Waals surface area contributed by atoms with E-state index in [1.165, 1.54) is 32.8 Å². The highest BCUT2D eigenvalue weighted by Crippen LogP contribution is 2.33. The number of aromatic nitrogens is 3. The summed E-state index contributed by atoms with van der Waals surface area (Å²) in [7, 11) is 0. The maximum absolute atomic E-state index is 4.74. The number of fused-ring (bicyclic) bond motifs is 1. The first-order chi connectivity index (χ1) is 18.3. The van der Waals surface area contributed by atoms with Crippen LogP contribution in [0, 0.1) is 0 Å². The first-order valence-corrected chi connectivity index (χ1v) is 13.4. The number of anilines is 1. The normalized spacial score (nSPS) is 13.8. The van der Waals surface area contributed by atoms with Gasteiger partial charge in [0.2, 0.25) is 0 Å². The molecule has 1 aliphatic rings. The summed E-state index contributed by atoms with van der Waals surface area (Å²) in [5.41, 5.74) is 7.53. The number of benzene rings is 3. The highest BCUT2D eigenvalue weighted by Gasteiger charge is 2.22. The summed E-state index contributed by atoms with van der Waals surface area (Å²) in [6.07, 6.45) is 5.57. The Hall–Kier alpha value is -3.87. The van der Waals surface area contributed by atoms with Gasteiger partial charge < -0.3 is 9.88 Å². The van der Waals surface area contributed by atoms with Crippen molar-refractivity contribution in [3.05, 3.63) is 127 Å². The molecule has 184 valence electrons. The quantitative estimate of drug-likeness (QED) is 0.270. The van der Waals surface area contributed by atoms with Crippen molar-refractivity contribution in [2.45, 2.75) is 29.6 Å². The van der Waals surface area contributed by atoms with Crippen LogP contribution in [0.5, 0.6) is 0 Å². The van der Waals surface area contributed by atoms with Crippen molar-refractivity contribution in [2.75, 3.05) is 18.0 Å². The van der Waals surface area contributed by atoms with Gasteiger partial charge in [0.1, 0.15) is 5.03 Å². The number of hydrogen-bond acceptors (Lipinski definition) is 5. The average Bonchev–Trinajstić information content (AvgIpc) is 3.40. The van der Waals surface area contributed by atoms with E-state index in [0.29, 0.717) is 0 Å². The van der Waals surface area contributed by atoms with Gasteiger partial charge in [-0.25, -0.2) is 9.97 Å². The second-order valence-corrected chi connectivity index (χ2v) is 10.4. The van der Waals surface area contributed by atoms with Gasteiger partial charge in [0, 0.05) is 49.2 Å². The molecule has 0 bridgehead atoms. The number of imidazole rings is 1. The molecule has 3 aromatic carbocycles.